The maximum Gasteiger partial charge on any atom is 0.139 e. The van der Waals surface area contributed by atoms with E-state index in [1.165, 1.54) is 0 Å². The van der Waals surface area contributed by atoms with Crippen LogP contribution in [0.2, 0.25) is 5.02 Å². The van der Waals surface area contributed by atoms with E-state index in [9.17, 15) is 0 Å². The van der Waals surface area contributed by atoms with Gasteiger partial charge in [0.15, 0.2) is 0 Å². The number of halogens is 1. The number of nitrogens with one attached hydrogen (secondary N) is 1. The molecule has 80 valence electrons. The summed E-state index contributed by atoms with van der Waals surface area (Å²) < 4.78 is 5.08. The summed E-state index contributed by atoms with van der Waals surface area (Å²) in [5.74, 6) is 0.606. The van der Waals surface area contributed by atoms with E-state index in [0.717, 1.165) is 12.1 Å². The van der Waals surface area contributed by atoms with Gasteiger partial charge in [-0.05, 0) is 18.6 Å². The lowest BCUT2D eigenvalue weighted by Crippen LogP contribution is -2.15. The first kappa shape index (κ1) is 11.7. The smallest absolute Gasteiger partial charge is 0.139 e. The Morgan fingerprint density at radius 1 is 1.60 bits per heavy atom. The molecular formula is C11H13ClN2O. The molecule has 0 amide bonds. The van der Waals surface area contributed by atoms with Gasteiger partial charge in [0.1, 0.15) is 11.8 Å². The van der Waals surface area contributed by atoms with E-state index in [1.807, 2.05) is 13.0 Å². The molecule has 1 rings (SSSR count). The van der Waals surface area contributed by atoms with E-state index in [0.29, 0.717) is 10.8 Å². The van der Waals surface area contributed by atoms with Crippen LogP contribution in [-0.2, 0) is 0 Å². The lowest BCUT2D eigenvalue weighted by atomic mass is 10.2. The van der Waals surface area contributed by atoms with Crippen molar-refractivity contribution in [3.05, 3.63) is 23.2 Å². The zero-order valence-corrected chi connectivity index (χ0v) is 9.51. The summed E-state index contributed by atoms with van der Waals surface area (Å²) in [6, 6.07) is 7.33. The van der Waals surface area contributed by atoms with E-state index in [1.54, 1.807) is 19.2 Å². The summed E-state index contributed by atoms with van der Waals surface area (Å²) >= 11 is 5.88. The molecular weight excluding hydrogens is 212 g/mol. The van der Waals surface area contributed by atoms with Gasteiger partial charge in [-0.2, -0.15) is 5.26 Å². The number of anilines is 1. The molecule has 0 heterocycles. The van der Waals surface area contributed by atoms with Gasteiger partial charge in [-0.3, -0.25) is 0 Å². The molecule has 0 fully saturated rings. The molecule has 0 aliphatic carbocycles. The Hall–Kier alpha value is -1.40. The van der Waals surface area contributed by atoms with Gasteiger partial charge in [0.05, 0.1) is 18.2 Å². The largest absolute Gasteiger partial charge is 0.495 e. The van der Waals surface area contributed by atoms with Crippen LogP contribution in [0.4, 0.5) is 5.69 Å². The molecule has 0 spiro atoms. The average molecular weight is 225 g/mol. The van der Waals surface area contributed by atoms with Gasteiger partial charge >= 0.3 is 0 Å². The highest BCUT2D eigenvalue weighted by molar-refractivity contribution is 6.32. The molecule has 1 aromatic carbocycles. The Morgan fingerprint density at radius 2 is 2.33 bits per heavy atom. The van der Waals surface area contributed by atoms with Crippen molar-refractivity contribution in [2.45, 2.75) is 19.4 Å². The molecule has 3 nitrogen and oxygen atoms in total. The molecule has 1 unspecified atom stereocenters. The quantitative estimate of drug-likeness (QED) is 0.855. The van der Waals surface area contributed by atoms with Gasteiger partial charge < -0.3 is 10.1 Å². The first-order valence-electron chi connectivity index (χ1n) is 4.71. The minimum Gasteiger partial charge on any atom is -0.495 e. The summed E-state index contributed by atoms with van der Waals surface area (Å²) in [5, 5.41) is 12.4. The van der Waals surface area contributed by atoms with Gasteiger partial charge in [0.25, 0.3) is 0 Å². The van der Waals surface area contributed by atoms with Crippen LogP contribution in [0, 0.1) is 11.3 Å². The minimum absolute atomic E-state index is 0.184. The van der Waals surface area contributed by atoms with Gasteiger partial charge in [-0.1, -0.05) is 18.5 Å². The van der Waals surface area contributed by atoms with Crippen molar-refractivity contribution in [2.24, 2.45) is 0 Å². The second-order valence-corrected chi connectivity index (χ2v) is 3.49. The van der Waals surface area contributed by atoms with Crippen molar-refractivity contribution in [1.29, 1.82) is 5.26 Å². The fourth-order valence-corrected chi connectivity index (χ4v) is 1.37. The van der Waals surface area contributed by atoms with Crippen LogP contribution < -0.4 is 10.1 Å². The summed E-state index contributed by atoms with van der Waals surface area (Å²) in [7, 11) is 1.56. The second kappa shape index (κ2) is 5.47. The maximum absolute atomic E-state index is 8.80. The molecule has 0 radical (unpaired) electrons. The van der Waals surface area contributed by atoms with Crippen molar-refractivity contribution in [2.75, 3.05) is 12.4 Å². The Bertz CT molecular complexity index is 373. The van der Waals surface area contributed by atoms with Crippen molar-refractivity contribution < 1.29 is 4.74 Å². The van der Waals surface area contributed by atoms with E-state index in [2.05, 4.69) is 11.4 Å². The molecule has 15 heavy (non-hydrogen) atoms. The monoisotopic (exact) mass is 224 g/mol. The number of methoxy groups -OCH3 is 1. The summed E-state index contributed by atoms with van der Waals surface area (Å²) in [6.07, 6.45) is 0.751. The van der Waals surface area contributed by atoms with E-state index in [4.69, 9.17) is 21.6 Å². The molecule has 1 N–H and O–H groups in total. The van der Waals surface area contributed by atoms with Crippen LogP contribution in [0.15, 0.2) is 18.2 Å². The Labute approximate surface area is 94.6 Å². The average Bonchev–Trinajstić information content (AvgIpc) is 2.28. The summed E-state index contributed by atoms with van der Waals surface area (Å²) in [5.41, 5.74) is 0.838. The Kier molecular flexibility index (Phi) is 4.26. The third-order valence-electron chi connectivity index (χ3n) is 2.06. The predicted molar refractivity (Wildman–Crippen MR) is 61.3 cm³/mol. The zero-order valence-electron chi connectivity index (χ0n) is 8.75. The third kappa shape index (κ3) is 3.03. The molecule has 4 heteroatoms. The summed E-state index contributed by atoms with van der Waals surface area (Å²) in [4.78, 5) is 0. The van der Waals surface area contributed by atoms with Crippen LogP contribution in [-0.4, -0.2) is 13.2 Å². The van der Waals surface area contributed by atoms with Crippen LogP contribution >= 0.6 is 11.6 Å². The molecule has 0 aromatic heterocycles. The minimum atomic E-state index is -0.184. The molecule has 0 bridgehead atoms. The standard InChI is InChI=1S/C11H13ClN2O/c1-3-8(7-13)14-9-4-5-10(12)11(6-9)15-2/h4-6,8,14H,3H2,1-2H3. The summed E-state index contributed by atoms with van der Waals surface area (Å²) in [6.45, 7) is 1.95. The van der Waals surface area contributed by atoms with Gasteiger partial charge in [0, 0.05) is 11.8 Å². The second-order valence-electron chi connectivity index (χ2n) is 3.08. The fourth-order valence-electron chi connectivity index (χ4n) is 1.18. The number of hydrogen-bond acceptors (Lipinski definition) is 3. The van der Waals surface area contributed by atoms with Crippen LogP contribution in [0.1, 0.15) is 13.3 Å². The maximum atomic E-state index is 8.80. The number of hydrogen-bond donors (Lipinski definition) is 1. The number of ether oxygens (including phenoxy) is 1. The number of nitrogens with zero attached hydrogens (tertiary/aromatic N) is 1. The van der Waals surface area contributed by atoms with Gasteiger partial charge in [-0.15, -0.1) is 0 Å². The topological polar surface area (TPSA) is 45.0 Å². The highest BCUT2D eigenvalue weighted by atomic mass is 35.5. The Morgan fingerprint density at radius 3 is 2.87 bits per heavy atom. The third-order valence-corrected chi connectivity index (χ3v) is 2.37. The van der Waals surface area contributed by atoms with Crippen molar-refractivity contribution in [3.8, 4) is 11.8 Å². The lowest BCUT2D eigenvalue weighted by molar-refractivity contribution is 0.415. The van der Waals surface area contributed by atoms with Crippen LogP contribution in [0.3, 0.4) is 0 Å². The molecule has 1 atom stereocenters. The Balaban J connectivity index is 2.83. The highest BCUT2D eigenvalue weighted by Gasteiger charge is 2.06. The fraction of sp³-hybridized carbons (Fsp3) is 0.364. The SMILES string of the molecule is CCC(C#N)Nc1ccc(Cl)c(OC)c1. The first-order valence-corrected chi connectivity index (χ1v) is 5.08. The van der Waals surface area contributed by atoms with E-state index in [-0.39, 0.29) is 6.04 Å². The number of nitriles is 1. The van der Waals surface area contributed by atoms with Crippen molar-refractivity contribution in [1.82, 2.24) is 0 Å². The van der Waals surface area contributed by atoms with Crippen LogP contribution in [0.25, 0.3) is 0 Å². The number of benzene rings is 1. The van der Waals surface area contributed by atoms with Gasteiger partial charge in [0.2, 0.25) is 0 Å². The number of rotatable bonds is 4. The molecule has 0 aliphatic heterocycles. The lowest BCUT2D eigenvalue weighted by Gasteiger charge is -2.12. The molecule has 0 aliphatic rings. The van der Waals surface area contributed by atoms with E-state index >= 15 is 0 Å². The molecule has 0 saturated heterocycles. The van der Waals surface area contributed by atoms with Gasteiger partial charge in [-0.25, -0.2) is 0 Å². The molecule has 0 saturated carbocycles. The zero-order chi connectivity index (χ0) is 11.3. The normalized spacial score (nSPS) is 11.6. The molecule has 1 aromatic rings. The predicted octanol–water partition coefficient (Wildman–Crippen LogP) is 3.06. The first-order chi connectivity index (χ1) is 7.21. The van der Waals surface area contributed by atoms with Crippen molar-refractivity contribution in [3.63, 3.8) is 0 Å². The van der Waals surface area contributed by atoms with Crippen molar-refractivity contribution >= 4 is 17.3 Å². The van der Waals surface area contributed by atoms with Crippen LogP contribution in [0.5, 0.6) is 5.75 Å². The highest BCUT2D eigenvalue weighted by Crippen LogP contribution is 2.27. The van der Waals surface area contributed by atoms with E-state index < -0.39 is 0 Å².